The average Bonchev–Trinajstić information content (AvgIpc) is 2.98. The normalized spacial score (nSPS) is 10.4. The molecule has 0 saturated carbocycles. The van der Waals surface area contributed by atoms with Crippen molar-refractivity contribution in [2.24, 2.45) is 0 Å². The number of aromatic amines is 1. The van der Waals surface area contributed by atoms with Crippen LogP contribution in [0.5, 0.6) is 5.75 Å². The fraction of sp³-hybridized carbons (Fsp3) is 0.333. The lowest BCUT2D eigenvalue weighted by Gasteiger charge is -2.18. The van der Waals surface area contributed by atoms with Crippen molar-refractivity contribution in [1.29, 1.82) is 0 Å². The highest BCUT2D eigenvalue weighted by atomic mass is 35.5. The Morgan fingerprint density at radius 1 is 1.43 bits per heavy atom. The third kappa shape index (κ3) is 3.98. The summed E-state index contributed by atoms with van der Waals surface area (Å²) in [5, 5.41) is 7.22. The number of H-pyrrole nitrogens is 1. The van der Waals surface area contributed by atoms with E-state index in [0.717, 1.165) is 12.1 Å². The first-order valence-corrected chi connectivity index (χ1v) is 7.15. The average molecular weight is 308 g/mol. The second-order valence-corrected chi connectivity index (χ2v) is 5.17. The molecule has 0 radical (unpaired) electrons. The maximum Gasteiger partial charge on any atom is 0.257 e. The van der Waals surface area contributed by atoms with E-state index in [0.29, 0.717) is 29.5 Å². The predicted octanol–water partition coefficient (Wildman–Crippen LogP) is 3.12. The van der Waals surface area contributed by atoms with Crippen LogP contribution in [0.25, 0.3) is 0 Å². The summed E-state index contributed by atoms with van der Waals surface area (Å²) in [6, 6.07) is 6.92. The van der Waals surface area contributed by atoms with Crippen LogP contribution in [-0.4, -0.2) is 34.7 Å². The second kappa shape index (κ2) is 7.13. The van der Waals surface area contributed by atoms with Crippen molar-refractivity contribution in [2.45, 2.75) is 19.9 Å². The predicted molar refractivity (Wildman–Crippen MR) is 81.6 cm³/mol. The van der Waals surface area contributed by atoms with Crippen molar-refractivity contribution in [2.75, 3.05) is 13.7 Å². The third-order valence-electron chi connectivity index (χ3n) is 2.95. The lowest BCUT2D eigenvalue weighted by Crippen LogP contribution is -2.27. The molecule has 1 N–H and O–H groups in total. The van der Waals surface area contributed by atoms with Crippen molar-refractivity contribution in [1.82, 2.24) is 15.1 Å². The molecule has 0 atom stereocenters. The topological polar surface area (TPSA) is 58.2 Å². The van der Waals surface area contributed by atoms with E-state index >= 15 is 0 Å². The van der Waals surface area contributed by atoms with E-state index in [2.05, 4.69) is 10.2 Å². The molecule has 21 heavy (non-hydrogen) atoms. The molecule has 1 heterocycles. The number of nitrogens with one attached hydrogen (secondary N) is 1. The van der Waals surface area contributed by atoms with Crippen LogP contribution in [0.1, 0.15) is 29.4 Å². The maximum atomic E-state index is 12.6. The summed E-state index contributed by atoms with van der Waals surface area (Å²) >= 11 is 6.00. The zero-order chi connectivity index (χ0) is 15.2. The van der Waals surface area contributed by atoms with Gasteiger partial charge in [-0.2, -0.15) is 5.10 Å². The molecule has 1 amide bonds. The smallest absolute Gasteiger partial charge is 0.257 e. The van der Waals surface area contributed by atoms with Crippen LogP contribution in [-0.2, 0) is 6.54 Å². The molecule has 0 unspecified atom stereocenters. The molecule has 2 rings (SSSR count). The van der Waals surface area contributed by atoms with E-state index in [-0.39, 0.29) is 5.91 Å². The Kier molecular flexibility index (Phi) is 5.22. The molecule has 0 spiro atoms. The molecule has 112 valence electrons. The highest BCUT2D eigenvalue weighted by Gasteiger charge is 2.18. The fourth-order valence-electron chi connectivity index (χ4n) is 1.91. The van der Waals surface area contributed by atoms with E-state index in [9.17, 15) is 4.79 Å². The van der Waals surface area contributed by atoms with Crippen LogP contribution in [0.4, 0.5) is 0 Å². The highest BCUT2D eigenvalue weighted by Crippen LogP contribution is 2.24. The summed E-state index contributed by atoms with van der Waals surface area (Å²) in [4.78, 5) is 14.2. The van der Waals surface area contributed by atoms with Crippen molar-refractivity contribution >= 4 is 17.5 Å². The number of halogens is 1. The van der Waals surface area contributed by atoms with Gasteiger partial charge in [-0.25, -0.2) is 0 Å². The lowest BCUT2D eigenvalue weighted by atomic mass is 10.1. The van der Waals surface area contributed by atoms with Crippen LogP contribution >= 0.6 is 11.6 Å². The van der Waals surface area contributed by atoms with Gasteiger partial charge in [0.25, 0.3) is 5.91 Å². The van der Waals surface area contributed by atoms with Crippen molar-refractivity contribution in [3.63, 3.8) is 0 Å². The SMILES string of the molecule is CCCOc1ccc(Cl)cc1C(=O)N(C)Cc1ccn[nH]1. The first kappa shape index (κ1) is 15.4. The molecule has 0 aliphatic carbocycles. The Balaban J connectivity index is 2.18. The van der Waals surface area contributed by atoms with Crippen molar-refractivity contribution in [3.8, 4) is 5.75 Å². The van der Waals surface area contributed by atoms with Crippen LogP contribution in [0.3, 0.4) is 0 Å². The molecule has 0 fully saturated rings. The maximum absolute atomic E-state index is 12.6. The largest absolute Gasteiger partial charge is 0.493 e. The minimum absolute atomic E-state index is 0.141. The van der Waals surface area contributed by atoms with E-state index in [1.54, 1.807) is 36.3 Å². The Labute approximate surface area is 128 Å². The van der Waals surface area contributed by atoms with Gasteiger partial charge in [0.05, 0.1) is 24.4 Å². The van der Waals surface area contributed by atoms with E-state index in [1.807, 2.05) is 13.0 Å². The standard InChI is InChI=1S/C15H18ClN3O2/c1-3-8-21-14-5-4-11(16)9-13(14)15(20)19(2)10-12-6-7-17-18-12/h4-7,9H,3,8,10H2,1-2H3,(H,17,18). The number of aromatic nitrogens is 2. The summed E-state index contributed by atoms with van der Waals surface area (Å²) in [5.74, 6) is 0.418. The van der Waals surface area contributed by atoms with Crippen LogP contribution in [0, 0.1) is 0 Å². The Hall–Kier alpha value is -2.01. The van der Waals surface area contributed by atoms with Crippen LogP contribution in [0.2, 0.25) is 5.02 Å². The summed E-state index contributed by atoms with van der Waals surface area (Å²) < 4.78 is 5.62. The summed E-state index contributed by atoms with van der Waals surface area (Å²) in [7, 11) is 1.73. The number of rotatable bonds is 6. The molecular weight excluding hydrogens is 290 g/mol. The zero-order valence-electron chi connectivity index (χ0n) is 12.1. The molecule has 1 aromatic carbocycles. The first-order valence-electron chi connectivity index (χ1n) is 6.78. The van der Waals surface area contributed by atoms with E-state index in [4.69, 9.17) is 16.3 Å². The quantitative estimate of drug-likeness (QED) is 0.892. The molecule has 1 aromatic heterocycles. The number of nitrogens with zero attached hydrogens (tertiary/aromatic N) is 2. The van der Waals surface area contributed by atoms with E-state index in [1.165, 1.54) is 0 Å². The molecule has 0 bridgehead atoms. The Bertz CT molecular complexity index is 599. The Morgan fingerprint density at radius 3 is 2.90 bits per heavy atom. The molecule has 0 aliphatic rings. The van der Waals surface area contributed by atoms with Gasteiger partial charge >= 0.3 is 0 Å². The molecule has 6 heteroatoms. The van der Waals surface area contributed by atoms with Gasteiger partial charge in [-0.05, 0) is 30.7 Å². The van der Waals surface area contributed by atoms with Gasteiger partial charge in [-0.1, -0.05) is 18.5 Å². The fourth-order valence-corrected chi connectivity index (χ4v) is 2.09. The zero-order valence-corrected chi connectivity index (χ0v) is 12.9. The number of carbonyl (C=O) groups excluding carboxylic acids is 1. The third-order valence-corrected chi connectivity index (χ3v) is 3.18. The Morgan fingerprint density at radius 2 is 2.24 bits per heavy atom. The molecular formula is C15H18ClN3O2. The number of carbonyl (C=O) groups is 1. The second-order valence-electron chi connectivity index (χ2n) is 4.73. The van der Waals surface area contributed by atoms with Crippen molar-refractivity contribution < 1.29 is 9.53 Å². The van der Waals surface area contributed by atoms with Gasteiger partial charge < -0.3 is 9.64 Å². The summed E-state index contributed by atoms with van der Waals surface area (Å²) in [6.45, 7) is 3.02. The minimum atomic E-state index is -0.141. The monoisotopic (exact) mass is 307 g/mol. The van der Waals surface area contributed by atoms with Gasteiger partial charge in [0.1, 0.15) is 5.75 Å². The summed E-state index contributed by atoms with van der Waals surface area (Å²) in [5.41, 5.74) is 1.34. The van der Waals surface area contributed by atoms with Gasteiger partial charge in [0, 0.05) is 18.3 Å². The molecule has 2 aromatic rings. The molecule has 0 aliphatic heterocycles. The highest BCUT2D eigenvalue weighted by molar-refractivity contribution is 6.31. The number of hydrogen-bond donors (Lipinski definition) is 1. The van der Waals surface area contributed by atoms with Gasteiger partial charge in [-0.3, -0.25) is 9.89 Å². The van der Waals surface area contributed by atoms with Crippen molar-refractivity contribution in [3.05, 3.63) is 46.7 Å². The number of benzene rings is 1. The van der Waals surface area contributed by atoms with Crippen LogP contribution < -0.4 is 4.74 Å². The number of ether oxygens (including phenoxy) is 1. The van der Waals surface area contributed by atoms with Gasteiger partial charge in [-0.15, -0.1) is 0 Å². The minimum Gasteiger partial charge on any atom is -0.493 e. The first-order chi connectivity index (χ1) is 10.1. The summed E-state index contributed by atoms with van der Waals surface area (Å²) in [6.07, 6.45) is 2.53. The van der Waals surface area contributed by atoms with Gasteiger partial charge in [0.15, 0.2) is 0 Å². The lowest BCUT2D eigenvalue weighted by molar-refractivity contribution is 0.0779. The van der Waals surface area contributed by atoms with Gasteiger partial charge in [0.2, 0.25) is 0 Å². The van der Waals surface area contributed by atoms with E-state index < -0.39 is 0 Å². The molecule has 5 nitrogen and oxygen atoms in total. The number of hydrogen-bond acceptors (Lipinski definition) is 3. The molecule has 0 saturated heterocycles. The number of amides is 1. The van der Waals surface area contributed by atoms with Crippen LogP contribution in [0.15, 0.2) is 30.5 Å².